The molecule has 0 heterocycles. The second-order valence-electron chi connectivity index (χ2n) is 6.86. The molecular weight excluding hydrogens is 340 g/mol. The third-order valence-electron chi connectivity index (χ3n) is 4.76. The van der Waals surface area contributed by atoms with Crippen LogP contribution in [0.25, 0.3) is 0 Å². The number of nitrogens with one attached hydrogen (secondary N) is 2. The first-order valence-electron chi connectivity index (χ1n) is 9.26. The van der Waals surface area contributed by atoms with Gasteiger partial charge in [0.1, 0.15) is 12.6 Å². The van der Waals surface area contributed by atoms with Crippen LogP contribution in [0.4, 0.5) is 10.5 Å². The molecule has 0 saturated carbocycles. The molecule has 2 aromatic carbocycles. The van der Waals surface area contributed by atoms with Crippen LogP contribution >= 0.6 is 0 Å². The number of carbonyl (C=O) groups is 2. The Kier molecular flexibility index (Phi) is 7.41. The normalized spacial score (nSPS) is 12.7. The molecule has 0 spiro atoms. The van der Waals surface area contributed by atoms with E-state index in [1.807, 2.05) is 76.2 Å². The summed E-state index contributed by atoms with van der Waals surface area (Å²) in [6.07, 6.45) is 0.156. The summed E-state index contributed by atoms with van der Waals surface area (Å²) in [7, 11) is 0. The summed E-state index contributed by atoms with van der Waals surface area (Å²) in [4.78, 5) is 24.9. The molecule has 0 aliphatic heterocycles. The maximum absolute atomic E-state index is 12.7. The molecule has 5 heteroatoms. The van der Waals surface area contributed by atoms with Gasteiger partial charge in [-0.25, -0.2) is 4.79 Å². The summed E-state index contributed by atoms with van der Waals surface area (Å²) in [6.45, 7) is 8.10. The zero-order chi connectivity index (χ0) is 19.8. The summed E-state index contributed by atoms with van der Waals surface area (Å²) in [5.74, 6) is -0.273. The molecular formula is C22H28N2O3. The SMILES string of the molecule is CC[C@@H](C)[C@@H](NC(=O)OCc1ccccc1)C(=O)Nc1ccc(C)c(C)c1. The molecule has 2 atom stereocenters. The lowest BCUT2D eigenvalue weighted by Gasteiger charge is -2.23. The fraction of sp³-hybridized carbons (Fsp3) is 0.364. The van der Waals surface area contributed by atoms with E-state index >= 15 is 0 Å². The van der Waals surface area contributed by atoms with Crippen LogP contribution in [0.3, 0.4) is 0 Å². The van der Waals surface area contributed by atoms with Crippen LogP contribution in [0.15, 0.2) is 48.5 Å². The second-order valence-corrected chi connectivity index (χ2v) is 6.86. The number of anilines is 1. The molecule has 2 N–H and O–H groups in total. The van der Waals surface area contributed by atoms with Crippen molar-refractivity contribution < 1.29 is 14.3 Å². The number of alkyl carbamates (subject to hydrolysis) is 1. The van der Waals surface area contributed by atoms with Gasteiger partial charge in [-0.3, -0.25) is 4.79 Å². The van der Waals surface area contributed by atoms with E-state index in [0.29, 0.717) is 0 Å². The minimum Gasteiger partial charge on any atom is -0.445 e. The Morgan fingerprint density at radius 1 is 1.04 bits per heavy atom. The van der Waals surface area contributed by atoms with Gasteiger partial charge in [0.05, 0.1) is 0 Å². The zero-order valence-corrected chi connectivity index (χ0v) is 16.4. The Morgan fingerprint density at radius 2 is 1.74 bits per heavy atom. The zero-order valence-electron chi connectivity index (χ0n) is 16.4. The number of benzene rings is 2. The van der Waals surface area contributed by atoms with E-state index in [9.17, 15) is 9.59 Å². The van der Waals surface area contributed by atoms with Crippen molar-refractivity contribution in [1.29, 1.82) is 0 Å². The van der Waals surface area contributed by atoms with Gasteiger partial charge in [0.2, 0.25) is 5.91 Å². The highest BCUT2D eigenvalue weighted by Crippen LogP contribution is 2.16. The van der Waals surface area contributed by atoms with Crippen LogP contribution in [0.5, 0.6) is 0 Å². The van der Waals surface area contributed by atoms with E-state index in [4.69, 9.17) is 4.74 Å². The molecule has 0 saturated heterocycles. The van der Waals surface area contributed by atoms with Crippen molar-refractivity contribution in [3.05, 3.63) is 65.2 Å². The van der Waals surface area contributed by atoms with Crippen LogP contribution in [0.2, 0.25) is 0 Å². The topological polar surface area (TPSA) is 67.4 Å². The minimum atomic E-state index is -0.667. The Morgan fingerprint density at radius 3 is 2.37 bits per heavy atom. The van der Waals surface area contributed by atoms with Gasteiger partial charge >= 0.3 is 6.09 Å². The third kappa shape index (κ3) is 6.13. The molecule has 27 heavy (non-hydrogen) atoms. The highest BCUT2D eigenvalue weighted by molar-refractivity contribution is 5.96. The maximum Gasteiger partial charge on any atom is 0.408 e. The van der Waals surface area contributed by atoms with Crippen molar-refractivity contribution in [3.8, 4) is 0 Å². The summed E-state index contributed by atoms with van der Waals surface area (Å²) >= 11 is 0. The quantitative estimate of drug-likeness (QED) is 0.751. The average Bonchev–Trinajstić information content (AvgIpc) is 2.67. The summed E-state index contributed by atoms with van der Waals surface area (Å²) < 4.78 is 5.26. The van der Waals surface area contributed by atoms with Gasteiger partial charge < -0.3 is 15.4 Å². The monoisotopic (exact) mass is 368 g/mol. The first-order chi connectivity index (χ1) is 12.9. The van der Waals surface area contributed by atoms with Gasteiger partial charge in [0, 0.05) is 5.69 Å². The molecule has 0 aliphatic rings. The maximum atomic E-state index is 12.7. The molecule has 0 aliphatic carbocycles. The van der Waals surface area contributed by atoms with Gasteiger partial charge in [0.25, 0.3) is 0 Å². The average molecular weight is 368 g/mol. The van der Waals surface area contributed by atoms with Crippen LogP contribution in [0.1, 0.15) is 37.0 Å². The number of ether oxygens (including phenoxy) is 1. The number of rotatable bonds is 7. The molecule has 2 rings (SSSR count). The van der Waals surface area contributed by atoms with Crippen molar-refractivity contribution >= 4 is 17.7 Å². The predicted octanol–water partition coefficient (Wildman–Crippen LogP) is 4.58. The molecule has 144 valence electrons. The van der Waals surface area contributed by atoms with Crippen LogP contribution in [-0.4, -0.2) is 18.0 Å². The molecule has 0 fully saturated rings. The number of hydrogen-bond acceptors (Lipinski definition) is 3. The van der Waals surface area contributed by atoms with E-state index < -0.39 is 12.1 Å². The number of hydrogen-bond donors (Lipinski definition) is 2. The fourth-order valence-electron chi connectivity index (χ4n) is 2.63. The first kappa shape index (κ1) is 20.5. The van der Waals surface area contributed by atoms with E-state index in [2.05, 4.69) is 10.6 Å². The largest absolute Gasteiger partial charge is 0.445 e. The van der Waals surface area contributed by atoms with Crippen LogP contribution < -0.4 is 10.6 Å². The van der Waals surface area contributed by atoms with Gasteiger partial charge in [-0.2, -0.15) is 0 Å². The Bertz CT molecular complexity index is 774. The number of aryl methyl sites for hydroxylation is 2. The fourth-order valence-corrected chi connectivity index (χ4v) is 2.63. The van der Waals surface area contributed by atoms with Gasteiger partial charge in [-0.05, 0) is 48.6 Å². The number of amides is 2. The van der Waals surface area contributed by atoms with Gasteiger partial charge in [-0.1, -0.05) is 56.7 Å². The lowest BCUT2D eigenvalue weighted by Crippen LogP contribution is -2.47. The summed E-state index contributed by atoms with van der Waals surface area (Å²) in [6, 6.07) is 14.5. The van der Waals surface area contributed by atoms with Crippen LogP contribution in [-0.2, 0) is 16.1 Å². The first-order valence-corrected chi connectivity index (χ1v) is 9.26. The Balaban J connectivity index is 1.99. The van der Waals surface area contributed by atoms with Crippen molar-refractivity contribution in [1.82, 2.24) is 5.32 Å². The van der Waals surface area contributed by atoms with Gasteiger partial charge in [-0.15, -0.1) is 0 Å². The summed E-state index contributed by atoms with van der Waals surface area (Å²) in [5, 5.41) is 5.61. The highest BCUT2D eigenvalue weighted by atomic mass is 16.5. The van der Waals surface area contributed by atoms with E-state index in [-0.39, 0.29) is 18.4 Å². The standard InChI is InChI=1S/C22H28N2O3/c1-5-15(2)20(21(25)23-19-12-11-16(3)17(4)13-19)24-22(26)27-14-18-9-7-6-8-10-18/h6-13,15,20H,5,14H2,1-4H3,(H,23,25)(H,24,26)/t15-,20-/m1/s1. The Labute approximate surface area is 161 Å². The van der Waals surface area contributed by atoms with E-state index in [1.165, 1.54) is 0 Å². The van der Waals surface area contributed by atoms with Gasteiger partial charge in [0.15, 0.2) is 0 Å². The molecule has 2 aromatic rings. The molecule has 0 bridgehead atoms. The van der Waals surface area contributed by atoms with E-state index in [1.54, 1.807) is 0 Å². The van der Waals surface area contributed by atoms with Crippen molar-refractivity contribution in [2.24, 2.45) is 5.92 Å². The summed E-state index contributed by atoms with van der Waals surface area (Å²) in [5.41, 5.74) is 3.88. The molecule has 2 amide bonds. The van der Waals surface area contributed by atoms with E-state index in [0.717, 1.165) is 28.8 Å². The third-order valence-corrected chi connectivity index (χ3v) is 4.76. The predicted molar refractivity (Wildman–Crippen MR) is 108 cm³/mol. The molecule has 0 radical (unpaired) electrons. The van der Waals surface area contributed by atoms with Crippen LogP contribution in [0, 0.1) is 19.8 Å². The minimum absolute atomic E-state index is 0.0270. The Hall–Kier alpha value is -2.82. The molecule has 0 unspecified atom stereocenters. The number of carbonyl (C=O) groups excluding carboxylic acids is 2. The van der Waals surface area contributed by atoms with Crippen molar-refractivity contribution in [3.63, 3.8) is 0 Å². The molecule has 5 nitrogen and oxygen atoms in total. The molecule has 0 aromatic heterocycles. The second kappa shape index (κ2) is 9.76. The lowest BCUT2D eigenvalue weighted by molar-refractivity contribution is -0.119. The lowest BCUT2D eigenvalue weighted by atomic mass is 9.98. The van der Waals surface area contributed by atoms with Crippen molar-refractivity contribution in [2.45, 2.75) is 46.8 Å². The highest BCUT2D eigenvalue weighted by Gasteiger charge is 2.26. The van der Waals surface area contributed by atoms with Crippen molar-refractivity contribution in [2.75, 3.05) is 5.32 Å². The smallest absolute Gasteiger partial charge is 0.408 e.